The average molecular weight is 318 g/mol. The van der Waals surface area contributed by atoms with Crippen molar-refractivity contribution >= 4 is 0 Å². The van der Waals surface area contributed by atoms with Gasteiger partial charge in [-0.25, -0.2) is 0 Å². The molecule has 2 fully saturated rings. The van der Waals surface area contributed by atoms with Gasteiger partial charge in [-0.3, -0.25) is 15.8 Å². The Bertz CT molecular complexity index is 492. The minimum absolute atomic E-state index is 0.133. The van der Waals surface area contributed by atoms with Gasteiger partial charge in [-0.1, -0.05) is 24.3 Å². The summed E-state index contributed by atoms with van der Waals surface area (Å²) in [5.41, 5.74) is 9.02. The number of hydrogen-bond acceptors (Lipinski definition) is 5. The molecule has 23 heavy (non-hydrogen) atoms. The molecule has 2 atom stereocenters. The molecular formula is C18H30N4O. The maximum atomic E-state index is 9.46. The van der Waals surface area contributed by atoms with E-state index in [0.717, 1.165) is 38.3 Å². The molecule has 0 spiro atoms. The first-order valence-electron chi connectivity index (χ1n) is 8.81. The highest BCUT2D eigenvalue weighted by atomic mass is 16.3. The molecule has 5 nitrogen and oxygen atoms in total. The van der Waals surface area contributed by atoms with Gasteiger partial charge in [0.25, 0.3) is 0 Å². The Morgan fingerprint density at radius 2 is 1.52 bits per heavy atom. The van der Waals surface area contributed by atoms with Crippen molar-refractivity contribution < 1.29 is 5.11 Å². The van der Waals surface area contributed by atoms with Gasteiger partial charge in [-0.05, 0) is 25.0 Å². The molecule has 2 unspecified atom stereocenters. The lowest BCUT2D eigenvalue weighted by Crippen LogP contribution is -2.49. The molecule has 128 valence electrons. The zero-order valence-corrected chi connectivity index (χ0v) is 14.3. The van der Waals surface area contributed by atoms with E-state index in [4.69, 9.17) is 0 Å². The van der Waals surface area contributed by atoms with Crippen molar-refractivity contribution in [2.24, 2.45) is 5.92 Å². The predicted molar refractivity (Wildman–Crippen MR) is 92.8 cm³/mol. The van der Waals surface area contributed by atoms with Crippen LogP contribution in [0.3, 0.4) is 0 Å². The molecule has 5 heteroatoms. The highest BCUT2D eigenvalue weighted by Crippen LogP contribution is 2.18. The second kappa shape index (κ2) is 7.73. The van der Waals surface area contributed by atoms with E-state index in [2.05, 4.69) is 46.6 Å². The van der Waals surface area contributed by atoms with Crippen LogP contribution in [0.1, 0.15) is 25.0 Å². The Morgan fingerprint density at radius 3 is 2.13 bits per heavy atom. The van der Waals surface area contributed by atoms with E-state index >= 15 is 0 Å². The van der Waals surface area contributed by atoms with Crippen LogP contribution in [0.5, 0.6) is 0 Å². The number of piperazine rings is 1. The van der Waals surface area contributed by atoms with E-state index < -0.39 is 0 Å². The second-order valence-corrected chi connectivity index (χ2v) is 7.03. The van der Waals surface area contributed by atoms with Crippen molar-refractivity contribution in [2.75, 3.05) is 32.7 Å². The fourth-order valence-electron chi connectivity index (χ4n) is 3.76. The summed E-state index contributed by atoms with van der Waals surface area (Å²) >= 11 is 0. The highest BCUT2D eigenvalue weighted by molar-refractivity contribution is 5.26. The third-order valence-corrected chi connectivity index (χ3v) is 5.44. The zero-order valence-electron chi connectivity index (χ0n) is 14.3. The summed E-state index contributed by atoms with van der Waals surface area (Å²) in [6.45, 7) is 11.3. The largest absolute Gasteiger partial charge is 0.392 e. The smallest absolute Gasteiger partial charge is 0.0685 e. The van der Waals surface area contributed by atoms with E-state index in [-0.39, 0.29) is 6.61 Å². The van der Waals surface area contributed by atoms with E-state index in [1.165, 1.54) is 12.1 Å². The Morgan fingerprint density at radius 1 is 0.957 bits per heavy atom. The number of hydrogen-bond donors (Lipinski definition) is 3. The first kappa shape index (κ1) is 16.9. The van der Waals surface area contributed by atoms with Crippen LogP contribution in [-0.2, 0) is 13.2 Å². The topological polar surface area (TPSA) is 50.8 Å². The third kappa shape index (κ3) is 4.11. The van der Waals surface area contributed by atoms with Crippen molar-refractivity contribution in [2.45, 2.75) is 39.1 Å². The summed E-state index contributed by atoms with van der Waals surface area (Å²) in [6.07, 6.45) is 0. The Labute approximate surface area is 139 Å². The maximum absolute atomic E-state index is 9.46. The summed E-state index contributed by atoms with van der Waals surface area (Å²) in [4.78, 5) is 5.10. The number of rotatable bonds is 5. The average Bonchev–Trinajstić information content (AvgIpc) is 2.89. The van der Waals surface area contributed by atoms with Crippen molar-refractivity contribution in [3.8, 4) is 0 Å². The van der Waals surface area contributed by atoms with E-state index in [1.807, 2.05) is 12.1 Å². The van der Waals surface area contributed by atoms with Crippen molar-refractivity contribution in [1.82, 2.24) is 20.7 Å². The van der Waals surface area contributed by atoms with Crippen LogP contribution in [0.15, 0.2) is 24.3 Å². The van der Waals surface area contributed by atoms with Gasteiger partial charge in [0.1, 0.15) is 0 Å². The van der Waals surface area contributed by atoms with Crippen molar-refractivity contribution in [3.05, 3.63) is 35.4 Å². The van der Waals surface area contributed by atoms with E-state index in [1.54, 1.807) is 0 Å². The van der Waals surface area contributed by atoms with Crippen LogP contribution in [0.4, 0.5) is 0 Å². The van der Waals surface area contributed by atoms with Crippen LogP contribution < -0.4 is 10.9 Å². The van der Waals surface area contributed by atoms with Gasteiger partial charge in [0.2, 0.25) is 0 Å². The van der Waals surface area contributed by atoms with Gasteiger partial charge in [-0.15, -0.1) is 0 Å². The highest BCUT2D eigenvalue weighted by Gasteiger charge is 2.32. The third-order valence-electron chi connectivity index (χ3n) is 5.44. The molecule has 1 aromatic carbocycles. The molecule has 0 saturated carbocycles. The monoisotopic (exact) mass is 318 g/mol. The Kier molecular flexibility index (Phi) is 5.67. The molecule has 2 saturated heterocycles. The summed E-state index contributed by atoms with van der Waals surface area (Å²) in [5, 5.41) is 9.46. The standard InChI is InChI=1S/C18H30N4O/c1-14-18(15(2)20-19-14)12-22-9-7-21(8-10-22)11-16-5-3-4-6-17(16)13-23/h3-6,14-15,18-20,23H,7-13H2,1-2H3. The Balaban J connectivity index is 1.49. The number of aliphatic hydroxyl groups is 1. The summed E-state index contributed by atoms with van der Waals surface area (Å²) in [7, 11) is 0. The molecule has 0 radical (unpaired) electrons. The first-order chi connectivity index (χ1) is 11.2. The Hall–Kier alpha value is -0.980. The lowest BCUT2D eigenvalue weighted by Gasteiger charge is -2.37. The molecule has 0 aromatic heterocycles. The van der Waals surface area contributed by atoms with Gasteiger partial charge in [0.15, 0.2) is 0 Å². The van der Waals surface area contributed by atoms with Crippen LogP contribution in [0.2, 0.25) is 0 Å². The molecule has 0 bridgehead atoms. The normalized spacial score (nSPS) is 30.0. The molecule has 2 heterocycles. The van der Waals surface area contributed by atoms with Gasteiger partial charge in [-0.2, -0.15) is 0 Å². The van der Waals surface area contributed by atoms with E-state index in [9.17, 15) is 5.11 Å². The minimum Gasteiger partial charge on any atom is -0.392 e. The number of aliphatic hydroxyl groups excluding tert-OH is 1. The van der Waals surface area contributed by atoms with E-state index in [0.29, 0.717) is 18.0 Å². The van der Waals surface area contributed by atoms with Crippen LogP contribution in [0.25, 0.3) is 0 Å². The molecular weight excluding hydrogens is 288 g/mol. The lowest BCUT2D eigenvalue weighted by molar-refractivity contribution is 0.108. The molecule has 3 N–H and O–H groups in total. The molecule has 2 aliphatic heterocycles. The quantitative estimate of drug-likeness (QED) is 0.750. The predicted octanol–water partition coefficient (Wildman–Crippen LogP) is 0.798. The molecule has 0 aliphatic carbocycles. The lowest BCUT2D eigenvalue weighted by atomic mass is 9.96. The number of nitrogens with one attached hydrogen (secondary N) is 2. The summed E-state index contributed by atoms with van der Waals surface area (Å²) in [6, 6.07) is 9.30. The summed E-state index contributed by atoms with van der Waals surface area (Å²) < 4.78 is 0. The summed E-state index contributed by atoms with van der Waals surface area (Å²) in [5.74, 6) is 0.677. The van der Waals surface area contributed by atoms with Crippen molar-refractivity contribution in [3.63, 3.8) is 0 Å². The van der Waals surface area contributed by atoms with Gasteiger partial charge >= 0.3 is 0 Å². The van der Waals surface area contributed by atoms with Crippen molar-refractivity contribution in [1.29, 1.82) is 0 Å². The van der Waals surface area contributed by atoms with Gasteiger partial charge < -0.3 is 10.0 Å². The fraction of sp³-hybridized carbons (Fsp3) is 0.667. The van der Waals surface area contributed by atoms with Crippen LogP contribution in [0, 0.1) is 5.92 Å². The molecule has 3 rings (SSSR count). The fourth-order valence-corrected chi connectivity index (χ4v) is 3.76. The number of nitrogens with zero attached hydrogens (tertiary/aromatic N) is 2. The minimum atomic E-state index is 0.133. The number of hydrazine groups is 1. The first-order valence-corrected chi connectivity index (χ1v) is 8.81. The van der Waals surface area contributed by atoms with Gasteiger partial charge in [0, 0.05) is 57.3 Å². The molecule has 1 aromatic rings. The van der Waals surface area contributed by atoms with Crippen LogP contribution in [-0.4, -0.2) is 59.7 Å². The van der Waals surface area contributed by atoms with Crippen LogP contribution >= 0.6 is 0 Å². The zero-order chi connectivity index (χ0) is 16.2. The number of benzene rings is 1. The molecule has 0 amide bonds. The molecule has 2 aliphatic rings. The van der Waals surface area contributed by atoms with Gasteiger partial charge in [0.05, 0.1) is 6.61 Å². The second-order valence-electron chi connectivity index (χ2n) is 7.03. The maximum Gasteiger partial charge on any atom is 0.0685 e. The SMILES string of the molecule is CC1NNC(C)C1CN1CCN(Cc2ccccc2CO)CC1.